The molecule has 2 aromatic heterocycles. The Morgan fingerprint density at radius 1 is 1.24 bits per heavy atom. The van der Waals surface area contributed by atoms with E-state index in [4.69, 9.17) is 4.74 Å². The van der Waals surface area contributed by atoms with Crippen LogP contribution in [0.3, 0.4) is 0 Å². The number of nitrogens with one attached hydrogen (secondary N) is 1. The van der Waals surface area contributed by atoms with Crippen LogP contribution in [-0.4, -0.2) is 42.5 Å². The summed E-state index contributed by atoms with van der Waals surface area (Å²) in [6, 6.07) is 12.2. The van der Waals surface area contributed by atoms with Crippen LogP contribution >= 0.6 is 22.7 Å². The Hall–Kier alpha value is -2.22. The molecule has 1 aliphatic rings. The molecule has 1 aliphatic heterocycles. The summed E-state index contributed by atoms with van der Waals surface area (Å²) in [6.45, 7) is 4.53. The van der Waals surface area contributed by atoms with E-state index in [0.717, 1.165) is 40.0 Å². The van der Waals surface area contributed by atoms with Crippen molar-refractivity contribution in [2.75, 3.05) is 26.7 Å². The van der Waals surface area contributed by atoms with E-state index in [2.05, 4.69) is 21.3 Å². The Labute approximate surface area is 179 Å². The number of hydrogen-bond donors (Lipinski definition) is 1. The Kier molecular flexibility index (Phi) is 6.28. The molecule has 0 unspecified atom stereocenters. The maximum absolute atomic E-state index is 13.0. The van der Waals surface area contributed by atoms with Crippen LogP contribution in [0.5, 0.6) is 5.75 Å². The lowest BCUT2D eigenvalue weighted by molar-refractivity contribution is 0.0940. The maximum atomic E-state index is 13.0. The van der Waals surface area contributed by atoms with E-state index in [-0.39, 0.29) is 11.9 Å². The summed E-state index contributed by atoms with van der Waals surface area (Å²) in [7, 11) is 1.70. The molecule has 1 atom stereocenters. The largest absolute Gasteiger partial charge is 0.496 e. The van der Waals surface area contributed by atoms with Gasteiger partial charge in [-0.3, -0.25) is 9.69 Å². The number of rotatable bonds is 7. The summed E-state index contributed by atoms with van der Waals surface area (Å²) in [5.41, 5.74) is 1.91. The van der Waals surface area contributed by atoms with Crippen molar-refractivity contribution in [1.82, 2.24) is 15.2 Å². The number of para-hydroxylation sites is 1. The molecule has 152 valence electrons. The standard InChI is InChI=1S/C22H25N3O2S2/c1-15-20(29-22(24-15)19-10-7-13-28-19)21(26)23-14-17(25-11-5-6-12-25)16-8-3-4-9-18(16)27-2/h3-4,7-10,13,17H,5-6,11-12,14H2,1-2H3,(H,23,26)/t17-/m0/s1. The van der Waals surface area contributed by atoms with Gasteiger partial charge in [-0.1, -0.05) is 24.3 Å². The molecular weight excluding hydrogens is 402 g/mol. The smallest absolute Gasteiger partial charge is 0.263 e. The van der Waals surface area contributed by atoms with Crippen molar-refractivity contribution in [3.05, 3.63) is 57.9 Å². The number of carbonyl (C=O) groups is 1. The first-order valence-corrected chi connectivity index (χ1v) is 11.5. The Bertz CT molecular complexity index is 962. The molecule has 1 amide bonds. The van der Waals surface area contributed by atoms with Crippen molar-refractivity contribution in [3.63, 3.8) is 0 Å². The Morgan fingerprint density at radius 3 is 2.76 bits per heavy atom. The van der Waals surface area contributed by atoms with Crippen LogP contribution in [0.15, 0.2) is 41.8 Å². The van der Waals surface area contributed by atoms with Gasteiger partial charge in [-0.25, -0.2) is 4.98 Å². The maximum Gasteiger partial charge on any atom is 0.263 e. The van der Waals surface area contributed by atoms with Crippen LogP contribution in [0.1, 0.15) is 39.8 Å². The number of amides is 1. The van der Waals surface area contributed by atoms with Crippen molar-refractivity contribution in [3.8, 4) is 15.6 Å². The third-order valence-corrected chi connectivity index (χ3v) is 7.47. The molecule has 7 heteroatoms. The molecular formula is C22H25N3O2S2. The van der Waals surface area contributed by atoms with Gasteiger partial charge in [-0.15, -0.1) is 22.7 Å². The van der Waals surface area contributed by atoms with E-state index in [0.29, 0.717) is 11.4 Å². The summed E-state index contributed by atoms with van der Waals surface area (Å²) in [6.07, 6.45) is 2.38. The Morgan fingerprint density at radius 2 is 2.03 bits per heavy atom. The second kappa shape index (κ2) is 9.07. The molecule has 0 spiro atoms. The lowest BCUT2D eigenvalue weighted by Crippen LogP contribution is -2.37. The number of benzene rings is 1. The number of aromatic nitrogens is 1. The number of nitrogens with zero attached hydrogens (tertiary/aromatic N) is 2. The van der Waals surface area contributed by atoms with Gasteiger partial charge in [-0.05, 0) is 50.4 Å². The van der Waals surface area contributed by atoms with E-state index in [9.17, 15) is 4.79 Å². The zero-order valence-corrected chi connectivity index (χ0v) is 18.3. The van der Waals surface area contributed by atoms with Gasteiger partial charge in [0.15, 0.2) is 0 Å². The van der Waals surface area contributed by atoms with Crippen LogP contribution in [0, 0.1) is 6.92 Å². The van der Waals surface area contributed by atoms with Gasteiger partial charge in [0.05, 0.1) is 23.7 Å². The van der Waals surface area contributed by atoms with E-state index >= 15 is 0 Å². The number of carbonyl (C=O) groups excluding carboxylic acids is 1. The summed E-state index contributed by atoms with van der Waals surface area (Å²) >= 11 is 3.10. The molecule has 4 rings (SSSR count). The highest BCUT2D eigenvalue weighted by Crippen LogP contribution is 2.33. The van der Waals surface area contributed by atoms with Crippen LogP contribution < -0.4 is 10.1 Å². The monoisotopic (exact) mass is 427 g/mol. The quantitative estimate of drug-likeness (QED) is 0.591. The first kappa shape index (κ1) is 20.1. The zero-order chi connectivity index (χ0) is 20.2. The summed E-state index contributed by atoms with van der Waals surface area (Å²) in [5, 5.41) is 6.10. The number of methoxy groups -OCH3 is 1. The van der Waals surface area contributed by atoms with Gasteiger partial charge in [0.1, 0.15) is 15.6 Å². The number of aryl methyl sites for hydroxylation is 1. The van der Waals surface area contributed by atoms with E-state index < -0.39 is 0 Å². The van der Waals surface area contributed by atoms with E-state index in [1.54, 1.807) is 18.4 Å². The van der Waals surface area contributed by atoms with Crippen molar-refractivity contribution in [1.29, 1.82) is 0 Å². The fourth-order valence-corrected chi connectivity index (χ4v) is 5.59. The van der Waals surface area contributed by atoms with E-state index in [1.807, 2.05) is 42.6 Å². The van der Waals surface area contributed by atoms with Gasteiger partial charge in [0.2, 0.25) is 0 Å². The molecule has 0 aliphatic carbocycles. The fourth-order valence-electron chi connectivity index (χ4n) is 3.81. The van der Waals surface area contributed by atoms with Crippen molar-refractivity contribution < 1.29 is 9.53 Å². The van der Waals surface area contributed by atoms with Crippen molar-refractivity contribution in [2.45, 2.75) is 25.8 Å². The predicted octanol–water partition coefficient (Wildman–Crippen LogP) is 4.76. The van der Waals surface area contributed by atoms with Gasteiger partial charge in [0.25, 0.3) is 5.91 Å². The molecule has 1 N–H and O–H groups in total. The fraction of sp³-hybridized carbons (Fsp3) is 0.364. The molecule has 1 saturated heterocycles. The molecule has 5 nitrogen and oxygen atoms in total. The van der Waals surface area contributed by atoms with Crippen LogP contribution in [0.25, 0.3) is 9.88 Å². The topological polar surface area (TPSA) is 54.5 Å². The summed E-state index contributed by atoms with van der Waals surface area (Å²) in [4.78, 5) is 21.8. The highest BCUT2D eigenvalue weighted by molar-refractivity contribution is 7.22. The zero-order valence-electron chi connectivity index (χ0n) is 16.7. The minimum absolute atomic E-state index is 0.0538. The highest BCUT2D eigenvalue weighted by atomic mass is 32.1. The van der Waals surface area contributed by atoms with Crippen molar-refractivity contribution in [2.24, 2.45) is 0 Å². The second-order valence-electron chi connectivity index (χ2n) is 7.12. The van der Waals surface area contributed by atoms with Gasteiger partial charge in [0, 0.05) is 12.1 Å². The number of thiazole rings is 1. The van der Waals surface area contributed by atoms with E-state index in [1.165, 1.54) is 24.2 Å². The van der Waals surface area contributed by atoms with Crippen molar-refractivity contribution >= 4 is 28.6 Å². The summed E-state index contributed by atoms with van der Waals surface area (Å²) < 4.78 is 5.59. The third-order valence-electron chi connectivity index (χ3n) is 5.27. The number of thiophene rings is 1. The molecule has 3 aromatic rings. The first-order valence-electron chi connectivity index (χ1n) is 9.84. The number of likely N-dealkylation sites (tertiary alicyclic amines) is 1. The van der Waals surface area contributed by atoms with Gasteiger partial charge < -0.3 is 10.1 Å². The SMILES string of the molecule is COc1ccccc1[C@H](CNC(=O)c1sc(-c2cccs2)nc1C)N1CCCC1. The molecule has 1 aromatic carbocycles. The lowest BCUT2D eigenvalue weighted by Gasteiger charge is -2.29. The highest BCUT2D eigenvalue weighted by Gasteiger charge is 2.27. The lowest BCUT2D eigenvalue weighted by atomic mass is 10.0. The third kappa shape index (κ3) is 4.37. The average Bonchev–Trinajstić information content (AvgIpc) is 3.50. The molecule has 0 radical (unpaired) electrons. The van der Waals surface area contributed by atoms with Crippen LogP contribution in [0.2, 0.25) is 0 Å². The summed E-state index contributed by atoms with van der Waals surface area (Å²) in [5.74, 6) is 0.814. The van der Waals surface area contributed by atoms with Gasteiger partial charge in [-0.2, -0.15) is 0 Å². The molecule has 0 saturated carbocycles. The minimum atomic E-state index is -0.0538. The average molecular weight is 428 g/mol. The molecule has 1 fully saturated rings. The number of ether oxygens (including phenoxy) is 1. The predicted molar refractivity (Wildman–Crippen MR) is 119 cm³/mol. The normalized spacial score (nSPS) is 15.4. The first-order chi connectivity index (χ1) is 14.2. The molecule has 3 heterocycles. The molecule has 0 bridgehead atoms. The number of hydrogen-bond acceptors (Lipinski definition) is 6. The van der Waals surface area contributed by atoms with Gasteiger partial charge >= 0.3 is 0 Å². The Balaban J connectivity index is 1.52. The van der Waals surface area contributed by atoms with Crippen LogP contribution in [-0.2, 0) is 0 Å². The second-order valence-corrected chi connectivity index (χ2v) is 9.07. The minimum Gasteiger partial charge on any atom is -0.496 e. The molecule has 29 heavy (non-hydrogen) atoms. The van der Waals surface area contributed by atoms with Crippen LogP contribution in [0.4, 0.5) is 0 Å².